The molecule has 102 valence electrons. The molecule has 1 unspecified atom stereocenters. The second-order valence-electron chi connectivity index (χ2n) is 3.97. The van der Waals surface area contributed by atoms with Gasteiger partial charge in [-0.1, -0.05) is 23.7 Å². The number of nitrogens with one attached hydrogen (secondary N) is 1. The topological polar surface area (TPSA) is 35.8 Å². The van der Waals surface area contributed by atoms with Crippen molar-refractivity contribution in [2.24, 2.45) is 0 Å². The Morgan fingerprint density at radius 2 is 1.70 bits per heavy atom. The van der Waals surface area contributed by atoms with Crippen LogP contribution in [0, 0.1) is 28.8 Å². The van der Waals surface area contributed by atoms with Crippen molar-refractivity contribution in [1.82, 2.24) is 0 Å². The summed E-state index contributed by atoms with van der Waals surface area (Å²) in [6.07, 6.45) is 0. The number of rotatable bonds is 3. The van der Waals surface area contributed by atoms with Gasteiger partial charge in [0.25, 0.3) is 0 Å². The van der Waals surface area contributed by atoms with Gasteiger partial charge >= 0.3 is 0 Å². The first-order valence-electron chi connectivity index (χ1n) is 5.58. The third-order valence-electron chi connectivity index (χ3n) is 2.65. The number of hydrogen-bond donors (Lipinski definition) is 1. The van der Waals surface area contributed by atoms with Crippen LogP contribution >= 0.6 is 11.6 Å². The molecule has 0 aliphatic carbocycles. The van der Waals surface area contributed by atoms with Crippen molar-refractivity contribution in [3.8, 4) is 6.07 Å². The Labute approximate surface area is 118 Å². The monoisotopic (exact) mass is 296 g/mol. The van der Waals surface area contributed by atoms with Gasteiger partial charge in [-0.3, -0.25) is 0 Å². The van der Waals surface area contributed by atoms with E-state index in [2.05, 4.69) is 5.32 Å². The normalized spacial score (nSPS) is 11.8. The highest BCUT2D eigenvalue weighted by atomic mass is 35.5. The molecule has 0 radical (unpaired) electrons. The Morgan fingerprint density at radius 3 is 2.35 bits per heavy atom. The van der Waals surface area contributed by atoms with Crippen molar-refractivity contribution in [3.05, 3.63) is 64.4 Å². The quantitative estimate of drug-likeness (QED) is 0.850. The lowest BCUT2D eigenvalue weighted by atomic mass is 10.1. The van der Waals surface area contributed by atoms with E-state index in [1.807, 2.05) is 0 Å². The highest BCUT2D eigenvalue weighted by molar-refractivity contribution is 6.33. The average Bonchev–Trinajstić information content (AvgIpc) is 2.42. The molecule has 1 atom stereocenters. The Morgan fingerprint density at radius 1 is 1.05 bits per heavy atom. The van der Waals surface area contributed by atoms with Gasteiger partial charge in [0.1, 0.15) is 11.9 Å². The first-order chi connectivity index (χ1) is 9.52. The molecule has 0 amide bonds. The number of nitriles is 1. The Hall–Kier alpha value is -2.19. The summed E-state index contributed by atoms with van der Waals surface area (Å²) in [4.78, 5) is 0. The van der Waals surface area contributed by atoms with E-state index < -0.39 is 23.5 Å². The fourth-order valence-corrected chi connectivity index (χ4v) is 1.86. The SMILES string of the molecule is N#CC(Nc1ccccc1Cl)c1cc(F)c(F)cc1F. The molecule has 0 bridgehead atoms. The van der Waals surface area contributed by atoms with Crippen LogP contribution in [0.15, 0.2) is 36.4 Å². The second-order valence-corrected chi connectivity index (χ2v) is 4.38. The lowest BCUT2D eigenvalue weighted by Gasteiger charge is -2.15. The first-order valence-corrected chi connectivity index (χ1v) is 5.96. The molecule has 2 aromatic carbocycles. The van der Waals surface area contributed by atoms with Gasteiger partial charge in [-0.05, 0) is 18.2 Å². The minimum absolute atomic E-state index is 0.286. The lowest BCUT2D eigenvalue weighted by Crippen LogP contribution is -2.11. The highest BCUT2D eigenvalue weighted by Crippen LogP contribution is 2.27. The summed E-state index contributed by atoms with van der Waals surface area (Å²) in [5.41, 5.74) is 0.108. The zero-order valence-electron chi connectivity index (χ0n) is 10.0. The van der Waals surface area contributed by atoms with Crippen LogP contribution in [0.2, 0.25) is 5.02 Å². The van der Waals surface area contributed by atoms with Crippen molar-refractivity contribution < 1.29 is 13.2 Å². The van der Waals surface area contributed by atoms with Gasteiger partial charge in [-0.2, -0.15) is 5.26 Å². The van der Waals surface area contributed by atoms with Gasteiger partial charge in [0.05, 0.1) is 16.8 Å². The van der Waals surface area contributed by atoms with E-state index in [0.717, 1.165) is 0 Å². The van der Waals surface area contributed by atoms with E-state index in [1.165, 1.54) is 0 Å². The van der Waals surface area contributed by atoms with Gasteiger partial charge in [-0.15, -0.1) is 0 Å². The maximum Gasteiger partial charge on any atom is 0.161 e. The van der Waals surface area contributed by atoms with E-state index in [-0.39, 0.29) is 5.56 Å². The minimum atomic E-state index is -1.30. The van der Waals surface area contributed by atoms with Crippen LogP contribution in [-0.4, -0.2) is 0 Å². The standard InChI is InChI=1S/C14H8ClF3N2/c15-9-3-1-2-4-13(9)20-14(7-19)8-5-11(17)12(18)6-10(8)16/h1-6,14,20H. The number of hydrogen-bond acceptors (Lipinski definition) is 2. The van der Waals surface area contributed by atoms with Crippen LogP contribution in [-0.2, 0) is 0 Å². The molecule has 2 aromatic rings. The molecule has 20 heavy (non-hydrogen) atoms. The summed E-state index contributed by atoms with van der Waals surface area (Å²) >= 11 is 5.91. The molecule has 0 aliphatic rings. The molecule has 0 aromatic heterocycles. The predicted molar refractivity (Wildman–Crippen MR) is 69.7 cm³/mol. The van der Waals surface area contributed by atoms with Gasteiger partial charge < -0.3 is 5.32 Å². The molecule has 0 saturated heterocycles. The van der Waals surface area contributed by atoms with E-state index in [0.29, 0.717) is 22.8 Å². The Kier molecular flexibility index (Phi) is 4.16. The highest BCUT2D eigenvalue weighted by Gasteiger charge is 2.19. The van der Waals surface area contributed by atoms with E-state index in [4.69, 9.17) is 16.9 Å². The molecular formula is C14H8ClF3N2. The van der Waals surface area contributed by atoms with E-state index >= 15 is 0 Å². The molecule has 0 saturated carbocycles. The molecular weight excluding hydrogens is 289 g/mol. The number of para-hydroxylation sites is 1. The van der Waals surface area contributed by atoms with E-state index in [1.54, 1.807) is 30.3 Å². The minimum Gasteiger partial charge on any atom is -0.365 e. The second kappa shape index (κ2) is 5.85. The molecule has 6 heteroatoms. The molecule has 0 heterocycles. The summed E-state index contributed by atoms with van der Waals surface area (Å²) in [5.74, 6) is -3.53. The molecule has 1 N–H and O–H groups in total. The van der Waals surface area contributed by atoms with Crippen LogP contribution in [0.1, 0.15) is 11.6 Å². The van der Waals surface area contributed by atoms with Crippen LogP contribution in [0.25, 0.3) is 0 Å². The van der Waals surface area contributed by atoms with Crippen molar-refractivity contribution >= 4 is 17.3 Å². The van der Waals surface area contributed by atoms with Crippen LogP contribution in [0.4, 0.5) is 18.9 Å². The maximum absolute atomic E-state index is 13.6. The zero-order chi connectivity index (χ0) is 14.7. The summed E-state index contributed by atoms with van der Waals surface area (Å²) in [7, 11) is 0. The van der Waals surface area contributed by atoms with Crippen molar-refractivity contribution in [2.45, 2.75) is 6.04 Å². The van der Waals surface area contributed by atoms with Gasteiger partial charge in [-0.25, -0.2) is 13.2 Å². The molecule has 0 fully saturated rings. The zero-order valence-corrected chi connectivity index (χ0v) is 10.8. The number of halogens is 4. The third kappa shape index (κ3) is 2.86. The summed E-state index contributed by atoms with van der Waals surface area (Å²) in [5, 5.41) is 12.1. The number of benzene rings is 2. The van der Waals surface area contributed by atoms with Gasteiger partial charge in [0, 0.05) is 11.6 Å². The molecule has 2 nitrogen and oxygen atoms in total. The molecule has 2 rings (SSSR count). The third-order valence-corrected chi connectivity index (χ3v) is 2.98. The Bertz CT molecular complexity index is 683. The molecule has 0 spiro atoms. The number of nitrogens with zero attached hydrogens (tertiary/aromatic N) is 1. The van der Waals surface area contributed by atoms with E-state index in [9.17, 15) is 13.2 Å². The first kappa shape index (κ1) is 14.2. The smallest absolute Gasteiger partial charge is 0.161 e. The summed E-state index contributed by atoms with van der Waals surface area (Å²) in [6, 6.07) is 8.18. The van der Waals surface area contributed by atoms with Gasteiger partial charge in [0.2, 0.25) is 0 Å². The summed E-state index contributed by atoms with van der Waals surface area (Å²) in [6.45, 7) is 0. The van der Waals surface area contributed by atoms with Crippen molar-refractivity contribution in [1.29, 1.82) is 5.26 Å². The lowest BCUT2D eigenvalue weighted by molar-refractivity contribution is 0.489. The Balaban J connectivity index is 2.37. The largest absolute Gasteiger partial charge is 0.365 e. The van der Waals surface area contributed by atoms with Crippen LogP contribution in [0.3, 0.4) is 0 Å². The summed E-state index contributed by atoms with van der Waals surface area (Å²) < 4.78 is 39.7. The number of anilines is 1. The maximum atomic E-state index is 13.6. The van der Waals surface area contributed by atoms with Crippen LogP contribution < -0.4 is 5.32 Å². The fourth-order valence-electron chi connectivity index (χ4n) is 1.67. The predicted octanol–water partition coefficient (Wildman–Crippen LogP) is 4.43. The average molecular weight is 297 g/mol. The molecule has 0 aliphatic heterocycles. The van der Waals surface area contributed by atoms with Crippen LogP contribution in [0.5, 0.6) is 0 Å². The van der Waals surface area contributed by atoms with Crippen molar-refractivity contribution in [2.75, 3.05) is 5.32 Å². The van der Waals surface area contributed by atoms with Crippen molar-refractivity contribution in [3.63, 3.8) is 0 Å². The fraction of sp³-hybridized carbons (Fsp3) is 0.0714. The van der Waals surface area contributed by atoms with Gasteiger partial charge in [0.15, 0.2) is 11.6 Å².